The van der Waals surface area contributed by atoms with Gasteiger partial charge in [-0.15, -0.1) is 0 Å². The second-order valence-corrected chi connectivity index (χ2v) is 7.17. The summed E-state index contributed by atoms with van der Waals surface area (Å²) < 4.78 is 39.8. The van der Waals surface area contributed by atoms with E-state index in [0.717, 1.165) is 6.07 Å². The van der Waals surface area contributed by atoms with Crippen LogP contribution in [0.2, 0.25) is 15.1 Å². The number of pyridine rings is 1. The van der Waals surface area contributed by atoms with E-state index in [0.29, 0.717) is 5.56 Å². The smallest absolute Gasteiger partial charge is 0.358 e. The number of anilines is 1. The number of esters is 1. The Kier molecular flexibility index (Phi) is 6.65. The third kappa shape index (κ3) is 4.14. The van der Waals surface area contributed by atoms with Gasteiger partial charge in [0.25, 0.3) is 0 Å². The van der Waals surface area contributed by atoms with E-state index < -0.39 is 45.3 Å². The lowest BCUT2D eigenvalue weighted by atomic mass is 10.1. The molecule has 2 N–H and O–H groups in total. The topological polar surface area (TPSA) is 74.4 Å². The van der Waals surface area contributed by atoms with E-state index in [2.05, 4.69) is 4.98 Å². The van der Waals surface area contributed by atoms with Gasteiger partial charge < -0.3 is 15.2 Å². The van der Waals surface area contributed by atoms with Crippen LogP contribution in [0, 0.1) is 11.6 Å². The highest BCUT2D eigenvalue weighted by molar-refractivity contribution is 6.38. The molecule has 0 radical (unpaired) electrons. The maximum Gasteiger partial charge on any atom is 0.358 e. The number of hydrogen-bond acceptors (Lipinski definition) is 5. The van der Waals surface area contributed by atoms with Crippen LogP contribution in [-0.4, -0.2) is 18.1 Å². The highest BCUT2D eigenvalue weighted by Crippen LogP contribution is 2.42. The Morgan fingerprint density at radius 1 is 1.10 bits per heavy atom. The molecule has 0 atom stereocenters. The fourth-order valence-electron chi connectivity index (χ4n) is 2.63. The van der Waals surface area contributed by atoms with E-state index in [1.165, 1.54) is 7.11 Å². The summed E-state index contributed by atoms with van der Waals surface area (Å²) in [4.78, 5) is 16.4. The van der Waals surface area contributed by atoms with Gasteiger partial charge in [-0.25, -0.2) is 18.6 Å². The van der Waals surface area contributed by atoms with Gasteiger partial charge in [0.2, 0.25) is 0 Å². The van der Waals surface area contributed by atoms with Crippen LogP contribution in [0.25, 0.3) is 11.3 Å². The van der Waals surface area contributed by atoms with Gasteiger partial charge in [0.1, 0.15) is 12.3 Å². The molecule has 156 valence electrons. The second kappa shape index (κ2) is 9.04. The summed E-state index contributed by atoms with van der Waals surface area (Å²) >= 11 is 17.9. The average Bonchev–Trinajstić information content (AvgIpc) is 2.72. The van der Waals surface area contributed by atoms with Crippen LogP contribution in [-0.2, 0) is 11.3 Å². The number of nitrogen functional groups attached to an aromatic ring is 1. The molecule has 0 unspecified atom stereocenters. The minimum Gasteiger partial charge on any atom is -0.492 e. The number of carbonyl (C=O) groups excluding carboxylic acids is 1. The summed E-state index contributed by atoms with van der Waals surface area (Å²) in [6.45, 7) is -0.0891. The monoisotopic (exact) mass is 472 g/mol. The van der Waals surface area contributed by atoms with Crippen molar-refractivity contribution in [3.63, 3.8) is 0 Å². The molecule has 0 aliphatic heterocycles. The molecule has 3 rings (SSSR count). The number of methoxy groups -OCH3 is 1. The van der Waals surface area contributed by atoms with Crippen molar-refractivity contribution in [3.8, 4) is 17.0 Å². The lowest BCUT2D eigenvalue weighted by Crippen LogP contribution is -2.12. The molecule has 0 fully saturated rings. The maximum atomic E-state index is 14.9. The van der Waals surface area contributed by atoms with Crippen LogP contribution in [0.4, 0.5) is 14.5 Å². The molecule has 1 heterocycles. The molecule has 5 nitrogen and oxygen atoms in total. The van der Waals surface area contributed by atoms with E-state index in [4.69, 9.17) is 50.0 Å². The van der Waals surface area contributed by atoms with Crippen LogP contribution in [0.15, 0.2) is 36.4 Å². The molecule has 3 aromatic rings. The summed E-state index contributed by atoms with van der Waals surface area (Å²) in [5.74, 6) is -3.59. The zero-order chi connectivity index (χ0) is 22.0. The van der Waals surface area contributed by atoms with Crippen molar-refractivity contribution in [1.82, 2.24) is 4.98 Å². The summed E-state index contributed by atoms with van der Waals surface area (Å²) in [5.41, 5.74) is 4.16. The number of carbonyl (C=O) groups is 1. The molecular weight excluding hydrogens is 461 g/mol. The van der Waals surface area contributed by atoms with Gasteiger partial charge in [0.05, 0.1) is 33.4 Å². The second-order valence-electron chi connectivity index (χ2n) is 5.97. The molecule has 30 heavy (non-hydrogen) atoms. The molecule has 0 aliphatic rings. The van der Waals surface area contributed by atoms with Gasteiger partial charge >= 0.3 is 5.97 Å². The minimum atomic E-state index is -1.16. The minimum absolute atomic E-state index is 0.0891. The predicted molar refractivity (Wildman–Crippen MR) is 111 cm³/mol. The van der Waals surface area contributed by atoms with Crippen molar-refractivity contribution in [1.29, 1.82) is 0 Å². The largest absolute Gasteiger partial charge is 0.492 e. The van der Waals surface area contributed by atoms with Crippen LogP contribution < -0.4 is 10.5 Å². The molecule has 0 aliphatic carbocycles. The van der Waals surface area contributed by atoms with Crippen LogP contribution in [0.5, 0.6) is 5.75 Å². The lowest BCUT2D eigenvalue weighted by molar-refractivity contribution is 0.0466. The third-order valence-electron chi connectivity index (χ3n) is 4.09. The number of hydrogen-bond donors (Lipinski definition) is 1. The predicted octanol–water partition coefficient (Wildman–Crippen LogP) is 5.93. The van der Waals surface area contributed by atoms with Gasteiger partial charge in [-0.1, -0.05) is 65.1 Å². The summed E-state index contributed by atoms with van der Waals surface area (Å²) in [6, 6.07) is 9.96. The fourth-order valence-corrected chi connectivity index (χ4v) is 3.44. The third-order valence-corrected chi connectivity index (χ3v) is 5.05. The maximum absolute atomic E-state index is 14.9. The first-order valence-corrected chi connectivity index (χ1v) is 9.47. The van der Waals surface area contributed by atoms with E-state index in [1.54, 1.807) is 30.3 Å². The zero-order valence-corrected chi connectivity index (χ0v) is 17.6. The van der Waals surface area contributed by atoms with E-state index in [1.807, 2.05) is 0 Å². The molecule has 0 saturated heterocycles. The number of aromatic nitrogens is 1. The fraction of sp³-hybridized carbons (Fsp3) is 0.100. The number of benzene rings is 2. The molecular formula is C20H13Cl3F2N2O3. The van der Waals surface area contributed by atoms with E-state index in [-0.39, 0.29) is 22.4 Å². The number of rotatable bonds is 5. The van der Waals surface area contributed by atoms with Crippen molar-refractivity contribution < 1.29 is 23.0 Å². The van der Waals surface area contributed by atoms with Gasteiger partial charge in [-0.2, -0.15) is 0 Å². The Balaban J connectivity index is 2.08. The van der Waals surface area contributed by atoms with Crippen molar-refractivity contribution in [2.75, 3.05) is 12.8 Å². The Hall–Kier alpha value is -2.61. The molecule has 0 amide bonds. The van der Waals surface area contributed by atoms with Crippen molar-refractivity contribution >= 4 is 46.5 Å². The molecule has 1 aromatic heterocycles. The van der Waals surface area contributed by atoms with Crippen LogP contribution >= 0.6 is 34.8 Å². The standard InChI is InChI=1S/C20H13Cl3F2N2O3/c1-29-19-11(22)7-10(21)12(14(19)24)17-15(25)16(26)13(23)18(27-17)20(28)30-8-9-5-3-2-4-6-9/h2-7H,8H2,1H3,(H2,26,27). The SMILES string of the molecule is COc1c(Cl)cc(Cl)c(-c2nc(C(=O)OCc3ccccc3)c(Cl)c(N)c2F)c1F. The van der Waals surface area contributed by atoms with Crippen molar-refractivity contribution in [2.45, 2.75) is 6.61 Å². The quantitative estimate of drug-likeness (QED) is 0.465. The Morgan fingerprint density at radius 2 is 1.77 bits per heavy atom. The first kappa shape index (κ1) is 22.1. The first-order valence-electron chi connectivity index (χ1n) is 8.33. The molecule has 0 spiro atoms. The molecule has 0 saturated carbocycles. The number of nitrogens with zero attached hydrogens (tertiary/aromatic N) is 1. The number of ether oxygens (including phenoxy) is 2. The van der Waals surface area contributed by atoms with Gasteiger partial charge in [-0.3, -0.25) is 0 Å². The lowest BCUT2D eigenvalue weighted by Gasteiger charge is -2.15. The van der Waals surface area contributed by atoms with E-state index >= 15 is 0 Å². The van der Waals surface area contributed by atoms with Crippen molar-refractivity contribution in [2.24, 2.45) is 0 Å². The number of nitrogens with two attached hydrogens (primary N) is 1. The van der Waals surface area contributed by atoms with Crippen molar-refractivity contribution in [3.05, 3.63) is 74.4 Å². The Bertz CT molecular complexity index is 1130. The average molecular weight is 474 g/mol. The zero-order valence-electron chi connectivity index (χ0n) is 15.3. The summed E-state index contributed by atoms with van der Waals surface area (Å²) in [7, 11) is 1.17. The summed E-state index contributed by atoms with van der Waals surface area (Å²) in [5, 5.41) is -0.865. The highest BCUT2D eigenvalue weighted by atomic mass is 35.5. The molecule has 0 bridgehead atoms. The molecule has 10 heteroatoms. The Morgan fingerprint density at radius 3 is 2.40 bits per heavy atom. The van der Waals surface area contributed by atoms with Crippen LogP contribution in [0.3, 0.4) is 0 Å². The van der Waals surface area contributed by atoms with E-state index in [9.17, 15) is 13.6 Å². The van der Waals surface area contributed by atoms with Gasteiger partial charge in [0, 0.05) is 0 Å². The number of halogens is 5. The van der Waals surface area contributed by atoms with Crippen LogP contribution in [0.1, 0.15) is 16.1 Å². The first-order chi connectivity index (χ1) is 14.3. The summed E-state index contributed by atoms with van der Waals surface area (Å²) in [6.07, 6.45) is 0. The van der Waals surface area contributed by atoms with Gasteiger partial charge in [-0.05, 0) is 11.6 Å². The van der Waals surface area contributed by atoms with Gasteiger partial charge in [0.15, 0.2) is 23.1 Å². The normalized spacial score (nSPS) is 10.7. The molecule has 2 aromatic carbocycles. The highest BCUT2D eigenvalue weighted by Gasteiger charge is 2.28. The Labute approximate surface area is 185 Å².